The lowest BCUT2D eigenvalue weighted by Crippen LogP contribution is -2.53. The van der Waals surface area contributed by atoms with Gasteiger partial charge in [-0.15, -0.1) is 0 Å². The van der Waals surface area contributed by atoms with Crippen molar-refractivity contribution in [1.82, 2.24) is 10.2 Å². The number of aryl methyl sites for hydroxylation is 2. The van der Waals surface area contributed by atoms with Crippen LogP contribution in [0.25, 0.3) is 0 Å². The minimum absolute atomic E-state index is 0.0581. The molecule has 2 aromatic carbocycles. The molecule has 0 saturated heterocycles. The van der Waals surface area contributed by atoms with E-state index in [0.717, 1.165) is 5.56 Å². The highest BCUT2D eigenvalue weighted by Gasteiger charge is 2.38. The second-order valence-corrected chi connectivity index (χ2v) is 11.6. The number of ether oxygens (including phenoxy) is 1. The molecule has 0 aliphatic rings. The molecule has 9 heteroatoms. The molecule has 2 rings (SSSR count). The van der Waals surface area contributed by atoms with E-state index in [4.69, 9.17) is 16.3 Å². The maximum atomic E-state index is 14.1. The summed E-state index contributed by atoms with van der Waals surface area (Å²) in [5, 5.41) is 17.0. The van der Waals surface area contributed by atoms with Crippen molar-refractivity contribution in [1.29, 1.82) is 0 Å². The molecular formula is C30H42ClN3O5. The zero-order valence-corrected chi connectivity index (χ0v) is 25.0. The van der Waals surface area contributed by atoms with Crippen molar-refractivity contribution in [2.45, 2.75) is 85.9 Å². The van der Waals surface area contributed by atoms with Gasteiger partial charge in [0, 0.05) is 12.1 Å². The summed E-state index contributed by atoms with van der Waals surface area (Å²) in [5.74, 6) is -1.01. The molecule has 0 bridgehead atoms. The van der Waals surface area contributed by atoms with E-state index in [1.807, 2.05) is 33.8 Å². The van der Waals surface area contributed by atoms with E-state index in [0.29, 0.717) is 29.1 Å². The van der Waals surface area contributed by atoms with Gasteiger partial charge in [-0.1, -0.05) is 62.7 Å². The summed E-state index contributed by atoms with van der Waals surface area (Å²) in [7, 11) is 0. The lowest BCUT2D eigenvalue weighted by molar-refractivity contribution is -0.141. The Bertz CT molecular complexity index is 1160. The first kappa shape index (κ1) is 32.0. The van der Waals surface area contributed by atoms with E-state index in [9.17, 15) is 19.5 Å². The average Bonchev–Trinajstić information content (AvgIpc) is 2.81. The number of aromatic hydroxyl groups is 1. The lowest BCUT2D eigenvalue weighted by atomic mass is 9.97. The van der Waals surface area contributed by atoms with Crippen molar-refractivity contribution in [2.24, 2.45) is 5.92 Å². The predicted octanol–water partition coefficient (Wildman–Crippen LogP) is 6.52. The number of phenols is 1. The second-order valence-electron chi connectivity index (χ2n) is 11.2. The largest absolute Gasteiger partial charge is 0.507 e. The molecule has 3 amide bonds. The van der Waals surface area contributed by atoms with Crippen LogP contribution >= 0.6 is 11.6 Å². The van der Waals surface area contributed by atoms with E-state index in [2.05, 4.69) is 10.6 Å². The molecule has 3 N–H and O–H groups in total. The number of amides is 3. The van der Waals surface area contributed by atoms with Gasteiger partial charge in [0.25, 0.3) is 5.91 Å². The second kappa shape index (κ2) is 13.7. The molecule has 0 heterocycles. The minimum atomic E-state index is -1.19. The highest BCUT2D eigenvalue weighted by molar-refractivity contribution is 6.34. The van der Waals surface area contributed by atoms with Crippen molar-refractivity contribution in [3.05, 3.63) is 58.1 Å². The number of benzene rings is 2. The van der Waals surface area contributed by atoms with Gasteiger partial charge in [-0.3, -0.25) is 9.59 Å². The molecule has 39 heavy (non-hydrogen) atoms. The monoisotopic (exact) mass is 559 g/mol. The van der Waals surface area contributed by atoms with E-state index >= 15 is 0 Å². The Labute approximate surface area is 237 Å². The van der Waals surface area contributed by atoms with Gasteiger partial charge in [0.2, 0.25) is 5.91 Å². The molecule has 0 aliphatic heterocycles. The number of phenolic OH excluding ortho intramolecular Hbond substituents is 1. The predicted molar refractivity (Wildman–Crippen MR) is 155 cm³/mol. The number of carbonyl (C=O) groups is 3. The Morgan fingerprint density at radius 2 is 1.67 bits per heavy atom. The van der Waals surface area contributed by atoms with Gasteiger partial charge < -0.3 is 25.4 Å². The Hall–Kier alpha value is -3.26. The van der Waals surface area contributed by atoms with Crippen molar-refractivity contribution in [3.8, 4) is 5.75 Å². The Kier molecular flexibility index (Phi) is 11.2. The Morgan fingerprint density at radius 1 is 1.05 bits per heavy atom. The van der Waals surface area contributed by atoms with Crippen LogP contribution in [0.4, 0.5) is 10.5 Å². The van der Waals surface area contributed by atoms with Crippen LogP contribution in [0, 0.1) is 19.8 Å². The summed E-state index contributed by atoms with van der Waals surface area (Å²) in [5.41, 5.74) is 1.27. The third-order valence-corrected chi connectivity index (χ3v) is 6.35. The normalized spacial score (nSPS) is 13.0. The van der Waals surface area contributed by atoms with Gasteiger partial charge in [0.05, 0.1) is 10.7 Å². The summed E-state index contributed by atoms with van der Waals surface area (Å²) in [6.45, 7) is 14.8. The first-order valence-electron chi connectivity index (χ1n) is 13.3. The van der Waals surface area contributed by atoms with Crippen LogP contribution in [0.5, 0.6) is 5.75 Å². The number of halogens is 1. The summed E-state index contributed by atoms with van der Waals surface area (Å²) < 4.78 is 5.42. The van der Waals surface area contributed by atoms with Crippen LogP contribution in [0.15, 0.2) is 36.4 Å². The maximum absolute atomic E-state index is 14.1. The number of nitrogens with zero attached hydrogens (tertiary/aromatic N) is 1. The van der Waals surface area contributed by atoms with Gasteiger partial charge in [-0.2, -0.15) is 0 Å². The van der Waals surface area contributed by atoms with Crippen LogP contribution in [0.3, 0.4) is 0 Å². The fourth-order valence-corrected chi connectivity index (χ4v) is 4.55. The molecule has 2 aromatic rings. The SMILES string of the molecule is CCCN(C(=O)C(CC(C)C)NC(=O)OC(C)(C)C)C(C(=O)Nc1c(C)cccc1Cl)c1cccc(C)c1O. The highest BCUT2D eigenvalue weighted by atomic mass is 35.5. The highest BCUT2D eigenvalue weighted by Crippen LogP contribution is 2.35. The Balaban J connectivity index is 2.60. The minimum Gasteiger partial charge on any atom is -0.507 e. The van der Waals surface area contributed by atoms with Crippen LogP contribution in [0.2, 0.25) is 5.02 Å². The van der Waals surface area contributed by atoms with E-state index in [1.54, 1.807) is 58.0 Å². The molecule has 0 fully saturated rings. The van der Waals surface area contributed by atoms with Crippen LogP contribution < -0.4 is 10.6 Å². The molecule has 0 radical (unpaired) electrons. The van der Waals surface area contributed by atoms with Crippen LogP contribution in [-0.2, 0) is 14.3 Å². The first-order chi connectivity index (χ1) is 18.2. The number of hydrogen-bond donors (Lipinski definition) is 3. The van der Waals surface area contributed by atoms with E-state index < -0.39 is 35.6 Å². The third kappa shape index (κ3) is 8.88. The molecule has 214 valence electrons. The fourth-order valence-electron chi connectivity index (χ4n) is 4.29. The Morgan fingerprint density at radius 3 is 2.23 bits per heavy atom. The number of alkyl carbamates (subject to hydrolysis) is 1. The average molecular weight is 560 g/mol. The van der Waals surface area contributed by atoms with Gasteiger partial charge >= 0.3 is 6.09 Å². The van der Waals surface area contributed by atoms with Gasteiger partial charge in [-0.25, -0.2) is 4.79 Å². The molecule has 2 unspecified atom stereocenters. The number of para-hydroxylation sites is 2. The van der Waals surface area contributed by atoms with Crippen molar-refractivity contribution < 1.29 is 24.2 Å². The third-order valence-electron chi connectivity index (χ3n) is 6.04. The summed E-state index contributed by atoms with van der Waals surface area (Å²) in [6.07, 6.45) is 0.147. The molecule has 8 nitrogen and oxygen atoms in total. The van der Waals surface area contributed by atoms with Crippen molar-refractivity contribution in [2.75, 3.05) is 11.9 Å². The number of carbonyl (C=O) groups excluding carboxylic acids is 3. The fraction of sp³-hybridized carbons (Fsp3) is 0.500. The van der Waals surface area contributed by atoms with Crippen LogP contribution in [0.1, 0.15) is 77.1 Å². The first-order valence-corrected chi connectivity index (χ1v) is 13.7. The van der Waals surface area contributed by atoms with Crippen LogP contribution in [-0.4, -0.2) is 46.1 Å². The molecule has 0 aromatic heterocycles. The topological polar surface area (TPSA) is 108 Å². The number of hydrogen-bond acceptors (Lipinski definition) is 5. The van der Waals surface area contributed by atoms with Gasteiger partial charge in [-0.05, 0) is 70.6 Å². The lowest BCUT2D eigenvalue weighted by Gasteiger charge is -2.35. The smallest absolute Gasteiger partial charge is 0.408 e. The van der Waals surface area contributed by atoms with E-state index in [1.165, 1.54) is 4.90 Å². The molecular weight excluding hydrogens is 518 g/mol. The zero-order valence-electron chi connectivity index (χ0n) is 24.2. The van der Waals surface area contributed by atoms with E-state index in [-0.39, 0.29) is 23.8 Å². The summed E-state index contributed by atoms with van der Waals surface area (Å²) in [4.78, 5) is 42.2. The molecule has 0 aliphatic carbocycles. The number of anilines is 1. The zero-order chi connectivity index (χ0) is 29.5. The number of rotatable bonds is 10. The quantitative estimate of drug-likeness (QED) is 0.307. The molecule has 2 atom stereocenters. The molecule has 0 spiro atoms. The van der Waals surface area contributed by atoms with Crippen molar-refractivity contribution in [3.63, 3.8) is 0 Å². The van der Waals surface area contributed by atoms with Crippen molar-refractivity contribution >= 4 is 35.2 Å². The van der Waals surface area contributed by atoms with Gasteiger partial charge in [0.15, 0.2) is 0 Å². The summed E-state index contributed by atoms with van der Waals surface area (Å²) >= 11 is 6.40. The summed E-state index contributed by atoms with van der Waals surface area (Å²) in [6, 6.07) is 8.21. The number of nitrogens with one attached hydrogen (secondary N) is 2. The van der Waals surface area contributed by atoms with Gasteiger partial charge in [0.1, 0.15) is 23.4 Å². The maximum Gasteiger partial charge on any atom is 0.408 e. The standard InChI is InChI=1S/C30H42ClN3O5/c1-9-16-34(28(37)23(17-18(2)3)32-29(38)39-30(6,7)8)25(21-14-10-13-20(5)26(21)35)27(36)33-24-19(4)12-11-15-22(24)31/h10-15,18,23,25,35H,9,16-17H2,1-8H3,(H,32,38)(H,33,36). The molecule has 0 saturated carbocycles.